The number of carbonyl (C=O) groups excluding carboxylic acids is 1. The van der Waals surface area contributed by atoms with Crippen molar-refractivity contribution in [3.8, 4) is 5.75 Å². The number of methoxy groups -OCH3 is 1. The number of H-pyrrole nitrogens is 1. The molecule has 3 aromatic carbocycles. The highest BCUT2D eigenvalue weighted by atomic mass is 35.5. The largest absolute Gasteiger partial charge is 0.495 e. The van der Waals surface area contributed by atoms with Crippen LogP contribution in [0.1, 0.15) is 66.7 Å². The molecule has 6 rings (SSSR count). The Labute approximate surface area is 295 Å². The molecule has 1 fully saturated rings. The summed E-state index contributed by atoms with van der Waals surface area (Å²) in [5.41, 5.74) is 2.71. The fraction of sp³-hybridized carbons (Fsp3) is 0.378. The van der Waals surface area contributed by atoms with Gasteiger partial charge in [0.1, 0.15) is 11.6 Å². The third kappa shape index (κ3) is 6.74. The molecule has 1 aromatic heterocycles. The molecule has 0 bridgehead atoms. The maximum absolute atomic E-state index is 16.3. The molecule has 9 nitrogen and oxygen atoms in total. The van der Waals surface area contributed by atoms with E-state index in [2.05, 4.69) is 46.3 Å². The SMILES string of the molecule is COc1cc(C(=O)O)ccc1NC(=O)[C@@H]1NC(CC(C)(C)C)[C@@]2(CN(CCCc3cnc[nH]3)c3cc(Cl)ccc32)[C@H]1c1cccc(Cl)c1F. The minimum absolute atomic E-state index is 0.0192. The van der Waals surface area contributed by atoms with Crippen molar-refractivity contribution in [1.29, 1.82) is 0 Å². The normalized spacial score (nSPS) is 21.6. The predicted molar refractivity (Wildman–Crippen MR) is 190 cm³/mol. The minimum atomic E-state index is -1.12. The molecule has 49 heavy (non-hydrogen) atoms. The van der Waals surface area contributed by atoms with Gasteiger partial charge >= 0.3 is 5.97 Å². The molecule has 2 aliphatic heterocycles. The van der Waals surface area contributed by atoms with Crippen molar-refractivity contribution in [2.45, 2.75) is 63.5 Å². The highest BCUT2D eigenvalue weighted by Gasteiger charge is 2.63. The van der Waals surface area contributed by atoms with Gasteiger partial charge < -0.3 is 30.4 Å². The quantitative estimate of drug-likeness (QED) is 0.135. The van der Waals surface area contributed by atoms with Crippen molar-refractivity contribution in [1.82, 2.24) is 15.3 Å². The molecule has 1 amide bonds. The van der Waals surface area contributed by atoms with E-state index in [9.17, 15) is 14.7 Å². The van der Waals surface area contributed by atoms with Crippen LogP contribution in [0, 0.1) is 11.2 Å². The number of hydrogen-bond donors (Lipinski definition) is 4. The summed E-state index contributed by atoms with van der Waals surface area (Å²) in [6, 6.07) is 13.9. The standard InChI is InChI=1S/C37H40Cl2FN5O4/c1-36(2,3)17-30-37(19-45(14-6-7-23-18-41-20-42-23)28-16-22(38)11-12-25(28)37)31(24-8-5-9-26(39)32(24)40)33(44-30)34(46)43-27-13-10-21(35(47)48)15-29(27)49-4/h5,8-13,15-16,18,20,30-31,33,44H,6-7,14,17,19H2,1-4H3,(H,41,42)(H,43,46)(H,47,48)/t30?,31-,33+,37-/m0/s1. The van der Waals surface area contributed by atoms with Gasteiger partial charge in [0.05, 0.1) is 35.8 Å². The predicted octanol–water partition coefficient (Wildman–Crippen LogP) is 7.45. The van der Waals surface area contributed by atoms with Crippen LogP contribution < -0.4 is 20.3 Å². The summed E-state index contributed by atoms with van der Waals surface area (Å²) in [6.45, 7) is 7.67. The zero-order valence-electron chi connectivity index (χ0n) is 27.8. The van der Waals surface area contributed by atoms with Gasteiger partial charge in [-0.3, -0.25) is 4.79 Å². The van der Waals surface area contributed by atoms with Crippen LogP contribution in [-0.4, -0.2) is 59.2 Å². The number of halogens is 3. The Hall–Kier alpha value is -4.12. The average Bonchev–Trinajstić information content (AvgIpc) is 3.76. The zero-order chi connectivity index (χ0) is 35.1. The Balaban J connectivity index is 1.48. The van der Waals surface area contributed by atoms with Gasteiger partial charge in [0.2, 0.25) is 5.91 Å². The second-order valence-corrected chi connectivity index (χ2v) is 14.9. The number of aromatic nitrogens is 2. The highest BCUT2D eigenvalue weighted by Crippen LogP contribution is 2.58. The molecule has 3 heterocycles. The van der Waals surface area contributed by atoms with E-state index in [-0.39, 0.29) is 27.8 Å². The summed E-state index contributed by atoms with van der Waals surface area (Å²) in [7, 11) is 1.41. The third-order valence-electron chi connectivity index (χ3n) is 9.70. The lowest BCUT2D eigenvalue weighted by molar-refractivity contribution is -0.118. The van der Waals surface area contributed by atoms with Crippen LogP contribution >= 0.6 is 23.2 Å². The van der Waals surface area contributed by atoms with Gasteiger partial charge in [-0.2, -0.15) is 0 Å². The molecule has 12 heteroatoms. The highest BCUT2D eigenvalue weighted by molar-refractivity contribution is 6.31. The Morgan fingerprint density at radius 3 is 2.65 bits per heavy atom. The first-order valence-corrected chi connectivity index (χ1v) is 17.0. The second-order valence-electron chi connectivity index (χ2n) is 14.1. The topological polar surface area (TPSA) is 120 Å². The lowest BCUT2D eigenvalue weighted by Crippen LogP contribution is -2.48. The number of aromatic amines is 1. The Kier molecular flexibility index (Phi) is 9.68. The molecule has 4 aromatic rings. The summed E-state index contributed by atoms with van der Waals surface area (Å²) in [5.74, 6) is -2.59. The second kappa shape index (κ2) is 13.7. The van der Waals surface area contributed by atoms with E-state index < -0.39 is 35.1 Å². The lowest BCUT2D eigenvalue weighted by Gasteiger charge is -2.40. The number of nitrogens with zero attached hydrogens (tertiary/aromatic N) is 2. The van der Waals surface area contributed by atoms with Crippen molar-refractivity contribution < 1.29 is 23.8 Å². The first kappa shape index (κ1) is 34.7. The van der Waals surface area contributed by atoms with Crippen LogP contribution in [0.15, 0.2) is 67.1 Å². The first-order chi connectivity index (χ1) is 23.3. The number of aryl methyl sites for hydroxylation is 1. The molecule has 1 spiro atoms. The first-order valence-electron chi connectivity index (χ1n) is 16.3. The van der Waals surface area contributed by atoms with Gasteiger partial charge in [-0.15, -0.1) is 0 Å². The van der Waals surface area contributed by atoms with E-state index in [4.69, 9.17) is 27.9 Å². The van der Waals surface area contributed by atoms with Gasteiger partial charge in [0, 0.05) is 53.1 Å². The zero-order valence-corrected chi connectivity index (χ0v) is 29.3. The van der Waals surface area contributed by atoms with Gasteiger partial charge in [0.25, 0.3) is 0 Å². The molecule has 4 atom stereocenters. The smallest absolute Gasteiger partial charge is 0.335 e. The number of ether oxygens (including phenoxy) is 1. The molecular formula is C37H40Cl2FN5O4. The number of carboxylic acid groups (broad SMARTS) is 1. The molecular weight excluding hydrogens is 668 g/mol. The summed E-state index contributed by atoms with van der Waals surface area (Å²) < 4.78 is 21.8. The number of carboxylic acids is 1. The van der Waals surface area contributed by atoms with Gasteiger partial charge in [-0.1, -0.05) is 62.2 Å². The molecule has 4 N–H and O–H groups in total. The number of carbonyl (C=O) groups is 2. The van der Waals surface area contributed by atoms with Gasteiger partial charge in [0.15, 0.2) is 0 Å². The molecule has 0 radical (unpaired) electrons. The monoisotopic (exact) mass is 707 g/mol. The van der Waals surface area contributed by atoms with Crippen LogP contribution in [0.5, 0.6) is 5.75 Å². The Morgan fingerprint density at radius 1 is 1.16 bits per heavy atom. The van der Waals surface area contributed by atoms with Crippen LogP contribution in [0.4, 0.5) is 15.8 Å². The average molecular weight is 709 g/mol. The number of benzene rings is 3. The van der Waals surface area contributed by atoms with Crippen molar-refractivity contribution in [3.63, 3.8) is 0 Å². The summed E-state index contributed by atoms with van der Waals surface area (Å²) >= 11 is 13.1. The maximum atomic E-state index is 16.3. The third-order valence-corrected chi connectivity index (χ3v) is 10.2. The van der Waals surface area contributed by atoms with E-state index in [1.165, 1.54) is 31.4 Å². The molecule has 0 saturated carbocycles. The molecule has 258 valence electrons. The van der Waals surface area contributed by atoms with Crippen molar-refractivity contribution in [2.75, 3.05) is 30.4 Å². The van der Waals surface area contributed by atoms with Gasteiger partial charge in [-0.05, 0) is 72.2 Å². The number of nitrogens with one attached hydrogen (secondary N) is 3. The number of imidazole rings is 1. The van der Waals surface area contributed by atoms with E-state index in [0.29, 0.717) is 35.8 Å². The number of amides is 1. The van der Waals surface area contributed by atoms with Crippen LogP contribution in [-0.2, 0) is 16.6 Å². The van der Waals surface area contributed by atoms with Crippen LogP contribution in [0.3, 0.4) is 0 Å². The van der Waals surface area contributed by atoms with E-state index in [1.807, 2.05) is 24.4 Å². The lowest BCUT2D eigenvalue weighted by atomic mass is 9.63. The van der Waals surface area contributed by atoms with Crippen LogP contribution in [0.2, 0.25) is 10.0 Å². The molecule has 1 saturated heterocycles. The minimum Gasteiger partial charge on any atom is -0.495 e. The van der Waals surface area contributed by atoms with Crippen molar-refractivity contribution in [2.24, 2.45) is 5.41 Å². The summed E-state index contributed by atoms with van der Waals surface area (Å²) in [5, 5.41) is 16.7. The number of anilines is 2. The number of hydrogen-bond acceptors (Lipinski definition) is 6. The number of rotatable bonds is 10. The molecule has 1 unspecified atom stereocenters. The molecule has 2 aliphatic rings. The molecule has 0 aliphatic carbocycles. The van der Waals surface area contributed by atoms with Gasteiger partial charge in [-0.25, -0.2) is 14.2 Å². The summed E-state index contributed by atoms with van der Waals surface area (Å²) in [4.78, 5) is 35.8. The fourth-order valence-corrected chi connectivity index (χ4v) is 8.05. The fourth-order valence-electron chi connectivity index (χ4n) is 7.70. The van der Waals surface area contributed by atoms with E-state index >= 15 is 4.39 Å². The summed E-state index contributed by atoms with van der Waals surface area (Å²) in [6.07, 6.45) is 5.79. The number of fused-ring (bicyclic) bond motifs is 2. The van der Waals surface area contributed by atoms with Crippen LogP contribution in [0.25, 0.3) is 0 Å². The van der Waals surface area contributed by atoms with Crippen molar-refractivity contribution in [3.05, 3.63) is 105 Å². The maximum Gasteiger partial charge on any atom is 0.335 e. The van der Waals surface area contributed by atoms with E-state index in [1.54, 1.807) is 18.5 Å². The number of aromatic carboxylic acids is 1. The van der Waals surface area contributed by atoms with Crippen molar-refractivity contribution >= 4 is 46.5 Å². The van der Waals surface area contributed by atoms with E-state index in [0.717, 1.165) is 29.8 Å². The Bertz CT molecular complexity index is 1860. The Morgan fingerprint density at radius 2 is 1.96 bits per heavy atom.